The molecule has 140 valence electrons. The zero-order valence-electron chi connectivity index (χ0n) is 15.4. The van der Waals surface area contributed by atoms with Crippen molar-refractivity contribution in [3.63, 3.8) is 0 Å². The van der Waals surface area contributed by atoms with Crippen LogP contribution in [-0.2, 0) is 6.42 Å². The molecule has 0 atom stereocenters. The molecule has 0 saturated carbocycles. The van der Waals surface area contributed by atoms with E-state index < -0.39 is 11.8 Å². The van der Waals surface area contributed by atoms with Crippen molar-refractivity contribution in [1.82, 2.24) is 10.9 Å². The van der Waals surface area contributed by atoms with Gasteiger partial charge in [0.05, 0.1) is 5.56 Å². The molecule has 3 aromatic carbocycles. The van der Waals surface area contributed by atoms with E-state index in [4.69, 9.17) is 0 Å². The molecule has 3 aromatic rings. The lowest BCUT2D eigenvalue weighted by atomic mass is 9.98. The van der Waals surface area contributed by atoms with E-state index in [1.54, 1.807) is 60.7 Å². The average molecular weight is 372 g/mol. The summed E-state index contributed by atoms with van der Waals surface area (Å²) in [5.41, 5.74) is 7.28. The molecule has 0 aliphatic heterocycles. The monoisotopic (exact) mass is 372 g/mol. The van der Waals surface area contributed by atoms with E-state index >= 15 is 0 Å². The first kappa shape index (κ1) is 19.0. The van der Waals surface area contributed by atoms with Gasteiger partial charge in [0.25, 0.3) is 11.8 Å². The van der Waals surface area contributed by atoms with Gasteiger partial charge in [0.2, 0.25) is 0 Å². The van der Waals surface area contributed by atoms with E-state index in [9.17, 15) is 14.4 Å². The Morgan fingerprint density at radius 1 is 0.643 bits per heavy atom. The maximum atomic E-state index is 12.7. The van der Waals surface area contributed by atoms with Crippen LogP contribution in [0.15, 0.2) is 78.9 Å². The molecule has 0 saturated heterocycles. The number of benzene rings is 3. The molecule has 0 radical (unpaired) electrons. The lowest BCUT2D eigenvalue weighted by Gasteiger charge is -2.11. The quantitative estimate of drug-likeness (QED) is 0.531. The summed E-state index contributed by atoms with van der Waals surface area (Å²) in [6.07, 6.45) is 0.880. The van der Waals surface area contributed by atoms with E-state index in [0.717, 1.165) is 12.0 Å². The summed E-state index contributed by atoms with van der Waals surface area (Å²) in [5, 5.41) is 0. The topological polar surface area (TPSA) is 75.3 Å². The summed E-state index contributed by atoms with van der Waals surface area (Å²) in [6, 6.07) is 22.4. The predicted octanol–water partition coefficient (Wildman–Crippen LogP) is 3.55. The number of hydrazine groups is 1. The van der Waals surface area contributed by atoms with E-state index in [-0.39, 0.29) is 16.9 Å². The molecule has 5 nitrogen and oxygen atoms in total. The Kier molecular flexibility index (Phi) is 5.97. The summed E-state index contributed by atoms with van der Waals surface area (Å²) in [6.45, 7) is 2.03. The van der Waals surface area contributed by atoms with Crippen molar-refractivity contribution in [2.45, 2.75) is 13.3 Å². The minimum absolute atomic E-state index is 0.193. The van der Waals surface area contributed by atoms with Gasteiger partial charge in [-0.2, -0.15) is 0 Å². The summed E-state index contributed by atoms with van der Waals surface area (Å²) < 4.78 is 0. The standard InChI is InChI=1S/C23H20N2O3/c1-2-16-12-14-18(15-13-16)22(27)24-25-23(28)20-11-7-6-10-19(20)21(26)17-8-4-3-5-9-17/h3-15H,2H2,1H3,(H,24,27)(H,25,28). The minimum Gasteiger partial charge on any atom is -0.289 e. The number of nitrogens with one attached hydrogen (secondary N) is 2. The Bertz CT molecular complexity index is 996. The zero-order valence-corrected chi connectivity index (χ0v) is 15.4. The van der Waals surface area contributed by atoms with Crippen molar-refractivity contribution < 1.29 is 14.4 Å². The molecule has 0 aliphatic carbocycles. The number of ketones is 1. The van der Waals surface area contributed by atoms with Crippen LogP contribution < -0.4 is 10.9 Å². The van der Waals surface area contributed by atoms with Crippen LogP contribution in [0.2, 0.25) is 0 Å². The summed E-state index contributed by atoms with van der Waals surface area (Å²) >= 11 is 0. The number of rotatable bonds is 5. The summed E-state index contributed by atoms with van der Waals surface area (Å²) in [7, 11) is 0. The molecule has 2 amide bonds. The number of carbonyl (C=O) groups excluding carboxylic acids is 3. The highest BCUT2D eigenvalue weighted by molar-refractivity contribution is 6.15. The van der Waals surface area contributed by atoms with Crippen molar-refractivity contribution >= 4 is 17.6 Å². The first-order chi connectivity index (χ1) is 13.6. The smallest absolute Gasteiger partial charge is 0.270 e. The SMILES string of the molecule is CCc1ccc(C(=O)NNC(=O)c2ccccc2C(=O)c2ccccc2)cc1. The Morgan fingerprint density at radius 3 is 1.86 bits per heavy atom. The van der Waals surface area contributed by atoms with E-state index in [1.807, 2.05) is 25.1 Å². The van der Waals surface area contributed by atoms with Crippen molar-refractivity contribution in [3.05, 3.63) is 107 Å². The predicted molar refractivity (Wildman–Crippen MR) is 107 cm³/mol. The molecular formula is C23H20N2O3. The fourth-order valence-corrected chi connectivity index (χ4v) is 2.77. The van der Waals surface area contributed by atoms with Crippen LogP contribution in [-0.4, -0.2) is 17.6 Å². The normalized spacial score (nSPS) is 10.2. The molecule has 0 fully saturated rings. The third-order valence-corrected chi connectivity index (χ3v) is 4.37. The zero-order chi connectivity index (χ0) is 19.9. The van der Waals surface area contributed by atoms with Gasteiger partial charge in [0.1, 0.15) is 0 Å². The molecular weight excluding hydrogens is 352 g/mol. The second-order valence-corrected chi connectivity index (χ2v) is 6.20. The van der Waals surface area contributed by atoms with Crippen LogP contribution in [0.1, 0.15) is 49.1 Å². The Morgan fingerprint density at radius 2 is 1.21 bits per heavy atom. The molecule has 0 aliphatic rings. The van der Waals surface area contributed by atoms with Gasteiger partial charge < -0.3 is 0 Å². The fourth-order valence-electron chi connectivity index (χ4n) is 2.77. The van der Waals surface area contributed by atoms with Crippen molar-refractivity contribution in [2.75, 3.05) is 0 Å². The number of hydrogen-bond donors (Lipinski definition) is 2. The molecule has 2 N–H and O–H groups in total. The van der Waals surface area contributed by atoms with Gasteiger partial charge >= 0.3 is 0 Å². The largest absolute Gasteiger partial charge is 0.289 e. The second-order valence-electron chi connectivity index (χ2n) is 6.20. The first-order valence-corrected chi connectivity index (χ1v) is 8.98. The molecule has 0 bridgehead atoms. The molecule has 0 unspecified atom stereocenters. The van der Waals surface area contributed by atoms with E-state index in [0.29, 0.717) is 11.1 Å². The highest BCUT2D eigenvalue weighted by Gasteiger charge is 2.18. The first-order valence-electron chi connectivity index (χ1n) is 8.98. The minimum atomic E-state index is -0.557. The number of amides is 2. The molecule has 3 rings (SSSR count). The van der Waals surface area contributed by atoms with Crippen LogP contribution in [0, 0.1) is 0 Å². The van der Waals surface area contributed by atoms with Crippen LogP contribution in [0.3, 0.4) is 0 Å². The lowest BCUT2D eigenvalue weighted by molar-refractivity contribution is 0.0845. The third kappa shape index (κ3) is 4.32. The maximum Gasteiger partial charge on any atom is 0.270 e. The van der Waals surface area contributed by atoms with Crippen LogP contribution in [0.25, 0.3) is 0 Å². The van der Waals surface area contributed by atoms with Gasteiger partial charge in [-0.15, -0.1) is 0 Å². The Labute approximate surface area is 163 Å². The second kappa shape index (κ2) is 8.77. The number of aryl methyl sites for hydroxylation is 1. The Balaban J connectivity index is 1.72. The van der Waals surface area contributed by atoms with Gasteiger partial charge in [-0.25, -0.2) is 0 Å². The highest BCUT2D eigenvalue weighted by Crippen LogP contribution is 2.14. The van der Waals surface area contributed by atoms with Crippen molar-refractivity contribution in [1.29, 1.82) is 0 Å². The number of carbonyl (C=O) groups is 3. The Hall–Kier alpha value is -3.73. The maximum absolute atomic E-state index is 12.7. The molecule has 0 aromatic heterocycles. The van der Waals surface area contributed by atoms with E-state index in [2.05, 4.69) is 10.9 Å². The summed E-state index contributed by atoms with van der Waals surface area (Å²) in [5.74, 6) is -1.24. The van der Waals surface area contributed by atoms with Gasteiger partial charge in [-0.3, -0.25) is 25.2 Å². The van der Waals surface area contributed by atoms with Crippen LogP contribution in [0.5, 0.6) is 0 Å². The average Bonchev–Trinajstić information content (AvgIpc) is 2.77. The van der Waals surface area contributed by atoms with Crippen LogP contribution >= 0.6 is 0 Å². The van der Waals surface area contributed by atoms with Crippen molar-refractivity contribution in [3.8, 4) is 0 Å². The van der Waals surface area contributed by atoms with Gasteiger partial charge in [0.15, 0.2) is 5.78 Å². The van der Waals surface area contributed by atoms with E-state index in [1.165, 1.54) is 0 Å². The molecule has 0 spiro atoms. The highest BCUT2D eigenvalue weighted by atomic mass is 16.2. The molecule has 28 heavy (non-hydrogen) atoms. The van der Waals surface area contributed by atoms with Crippen LogP contribution in [0.4, 0.5) is 0 Å². The van der Waals surface area contributed by atoms with Crippen molar-refractivity contribution in [2.24, 2.45) is 0 Å². The number of hydrogen-bond acceptors (Lipinski definition) is 3. The molecule has 5 heteroatoms. The van der Waals surface area contributed by atoms with Gasteiger partial charge in [-0.1, -0.05) is 67.6 Å². The fraction of sp³-hybridized carbons (Fsp3) is 0.0870. The summed E-state index contributed by atoms with van der Waals surface area (Å²) in [4.78, 5) is 37.5. The third-order valence-electron chi connectivity index (χ3n) is 4.37. The van der Waals surface area contributed by atoms with Gasteiger partial charge in [-0.05, 0) is 30.2 Å². The van der Waals surface area contributed by atoms with Gasteiger partial charge in [0, 0.05) is 16.7 Å². The lowest BCUT2D eigenvalue weighted by Crippen LogP contribution is -2.42. The molecule has 0 heterocycles.